The van der Waals surface area contributed by atoms with Crippen LogP contribution in [-0.2, 0) is 9.53 Å². The lowest BCUT2D eigenvalue weighted by molar-refractivity contribution is -0.119. The number of nitrogens with zero attached hydrogens (tertiary/aromatic N) is 2. The van der Waals surface area contributed by atoms with E-state index in [0.717, 1.165) is 25.9 Å². The molecule has 6 heteroatoms. The fourth-order valence-corrected chi connectivity index (χ4v) is 1.84. The van der Waals surface area contributed by atoms with E-state index in [0.29, 0.717) is 17.4 Å². The SMILES string of the molecule is O=C(CC1CCCCO1)Nc1cnc(Cl)cn1. The molecule has 1 amide bonds. The summed E-state index contributed by atoms with van der Waals surface area (Å²) in [6, 6.07) is 0. The van der Waals surface area contributed by atoms with Gasteiger partial charge in [-0.25, -0.2) is 9.97 Å². The van der Waals surface area contributed by atoms with Gasteiger partial charge in [-0.1, -0.05) is 11.6 Å². The van der Waals surface area contributed by atoms with E-state index in [1.165, 1.54) is 12.4 Å². The number of halogens is 1. The van der Waals surface area contributed by atoms with Crippen LogP contribution in [0.1, 0.15) is 25.7 Å². The number of amides is 1. The van der Waals surface area contributed by atoms with Crippen molar-refractivity contribution in [3.05, 3.63) is 17.5 Å². The highest BCUT2D eigenvalue weighted by atomic mass is 35.5. The fourth-order valence-electron chi connectivity index (χ4n) is 1.75. The highest BCUT2D eigenvalue weighted by molar-refractivity contribution is 6.29. The highest BCUT2D eigenvalue weighted by Gasteiger charge is 2.17. The maximum absolute atomic E-state index is 11.7. The van der Waals surface area contributed by atoms with Crippen molar-refractivity contribution in [1.82, 2.24) is 9.97 Å². The third-order valence-corrected chi connectivity index (χ3v) is 2.77. The second-order valence-electron chi connectivity index (χ2n) is 3.97. The number of aromatic nitrogens is 2. The van der Waals surface area contributed by atoms with E-state index < -0.39 is 0 Å². The van der Waals surface area contributed by atoms with Gasteiger partial charge in [0.1, 0.15) is 5.15 Å². The van der Waals surface area contributed by atoms with Gasteiger partial charge in [0.25, 0.3) is 0 Å². The van der Waals surface area contributed by atoms with Crippen LogP contribution in [0.15, 0.2) is 12.4 Å². The number of hydrogen-bond acceptors (Lipinski definition) is 4. The van der Waals surface area contributed by atoms with Gasteiger partial charge < -0.3 is 10.1 Å². The molecule has 0 spiro atoms. The third kappa shape index (κ3) is 3.94. The van der Waals surface area contributed by atoms with Crippen LogP contribution in [0.3, 0.4) is 0 Å². The molecule has 0 aromatic carbocycles. The van der Waals surface area contributed by atoms with Gasteiger partial charge in [0.2, 0.25) is 5.91 Å². The molecule has 0 bridgehead atoms. The normalized spacial score (nSPS) is 19.9. The molecule has 0 aliphatic carbocycles. The molecular weight excluding hydrogens is 242 g/mol. The Bertz CT molecular complexity index is 377. The largest absolute Gasteiger partial charge is 0.378 e. The summed E-state index contributed by atoms with van der Waals surface area (Å²) in [7, 11) is 0. The summed E-state index contributed by atoms with van der Waals surface area (Å²) in [4.78, 5) is 19.5. The zero-order chi connectivity index (χ0) is 12.1. The molecule has 1 aromatic heterocycles. The fraction of sp³-hybridized carbons (Fsp3) is 0.545. The molecule has 5 nitrogen and oxygen atoms in total. The molecule has 1 atom stereocenters. The number of nitrogens with one attached hydrogen (secondary N) is 1. The molecule has 1 unspecified atom stereocenters. The number of rotatable bonds is 3. The Morgan fingerprint density at radius 2 is 2.35 bits per heavy atom. The Morgan fingerprint density at radius 3 is 3.00 bits per heavy atom. The number of carbonyl (C=O) groups is 1. The van der Waals surface area contributed by atoms with E-state index in [-0.39, 0.29) is 12.0 Å². The predicted molar refractivity (Wildman–Crippen MR) is 63.9 cm³/mol. The molecular formula is C11H14ClN3O2. The first kappa shape index (κ1) is 12.3. The van der Waals surface area contributed by atoms with Crippen LogP contribution in [0.2, 0.25) is 5.15 Å². The van der Waals surface area contributed by atoms with Gasteiger partial charge in [0.05, 0.1) is 24.9 Å². The highest BCUT2D eigenvalue weighted by Crippen LogP contribution is 2.16. The lowest BCUT2D eigenvalue weighted by Crippen LogP contribution is -2.25. The molecule has 1 fully saturated rings. The first-order chi connectivity index (χ1) is 8.24. The molecule has 1 aliphatic heterocycles. The van der Waals surface area contributed by atoms with Crippen LogP contribution < -0.4 is 5.32 Å². The molecule has 2 rings (SSSR count). The summed E-state index contributed by atoms with van der Waals surface area (Å²) in [6.07, 6.45) is 6.38. The van der Waals surface area contributed by atoms with Crippen LogP contribution in [0, 0.1) is 0 Å². The van der Waals surface area contributed by atoms with Crippen molar-refractivity contribution < 1.29 is 9.53 Å². The average Bonchev–Trinajstić information content (AvgIpc) is 2.33. The zero-order valence-corrected chi connectivity index (χ0v) is 10.1. The van der Waals surface area contributed by atoms with Gasteiger partial charge in [-0.2, -0.15) is 0 Å². The van der Waals surface area contributed by atoms with Crippen LogP contribution in [0.5, 0.6) is 0 Å². The minimum Gasteiger partial charge on any atom is -0.378 e. The van der Waals surface area contributed by atoms with E-state index >= 15 is 0 Å². The van der Waals surface area contributed by atoms with Crippen molar-refractivity contribution in [2.75, 3.05) is 11.9 Å². The Kier molecular flexibility index (Phi) is 4.28. The number of carbonyl (C=O) groups excluding carboxylic acids is 1. The maximum Gasteiger partial charge on any atom is 0.228 e. The third-order valence-electron chi connectivity index (χ3n) is 2.57. The van der Waals surface area contributed by atoms with E-state index in [9.17, 15) is 4.79 Å². The minimum atomic E-state index is -0.103. The van der Waals surface area contributed by atoms with Gasteiger partial charge in [0.15, 0.2) is 5.82 Å². The molecule has 92 valence electrons. The second-order valence-corrected chi connectivity index (χ2v) is 4.35. The second kappa shape index (κ2) is 5.93. The summed E-state index contributed by atoms with van der Waals surface area (Å²) in [5.41, 5.74) is 0. The average molecular weight is 256 g/mol. The first-order valence-corrected chi connectivity index (χ1v) is 6.01. The quantitative estimate of drug-likeness (QED) is 0.898. The molecule has 1 saturated heterocycles. The molecule has 1 aromatic rings. The summed E-state index contributed by atoms with van der Waals surface area (Å²) < 4.78 is 5.49. The topological polar surface area (TPSA) is 64.1 Å². The first-order valence-electron chi connectivity index (χ1n) is 5.63. The van der Waals surface area contributed by atoms with Crippen LogP contribution in [0.25, 0.3) is 0 Å². The van der Waals surface area contributed by atoms with Crippen molar-refractivity contribution in [1.29, 1.82) is 0 Å². The van der Waals surface area contributed by atoms with Crippen molar-refractivity contribution in [3.8, 4) is 0 Å². The molecule has 1 N–H and O–H groups in total. The van der Waals surface area contributed by atoms with Crippen molar-refractivity contribution in [3.63, 3.8) is 0 Å². The van der Waals surface area contributed by atoms with Crippen molar-refractivity contribution in [2.24, 2.45) is 0 Å². The number of hydrogen-bond donors (Lipinski definition) is 1. The van der Waals surface area contributed by atoms with Crippen molar-refractivity contribution in [2.45, 2.75) is 31.8 Å². The molecule has 0 radical (unpaired) electrons. The Balaban J connectivity index is 1.82. The Morgan fingerprint density at radius 1 is 1.47 bits per heavy atom. The lowest BCUT2D eigenvalue weighted by Gasteiger charge is -2.21. The predicted octanol–water partition coefficient (Wildman–Crippen LogP) is 2.03. The minimum absolute atomic E-state index is 0.0315. The van der Waals surface area contributed by atoms with Gasteiger partial charge in [-0.3, -0.25) is 4.79 Å². The van der Waals surface area contributed by atoms with E-state index in [4.69, 9.17) is 16.3 Å². The van der Waals surface area contributed by atoms with Crippen LogP contribution >= 0.6 is 11.6 Å². The molecule has 0 saturated carbocycles. The maximum atomic E-state index is 11.7. The van der Waals surface area contributed by atoms with Crippen molar-refractivity contribution >= 4 is 23.3 Å². The summed E-state index contributed by atoms with van der Waals surface area (Å²) in [6.45, 7) is 0.749. The number of anilines is 1. The molecule has 2 heterocycles. The van der Waals surface area contributed by atoms with Gasteiger partial charge in [-0.15, -0.1) is 0 Å². The Labute approximate surface area is 105 Å². The summed E-state index contributed by atoms with van der Waals surface area (Å²) in [5, 5.41) is 2.97. The van der Waals surface area contributed by atoms with Crippen LogP contribution in [0.4, 0.5) is 5.82 Å². The smallest absolute Gasteiger partial charge is 0.228 e. The van der Waals surface area contributed by atoms with E-state index in [2.05, 4.69) is 15.3 Å². The van der Waals surface area contributed by atoms with E-state index in [1.54, 1.807) is 0 Å². The Hall–Kier alpha value is -1.20. The van der Waals surface area contributed by atoms with Gasteiger partial charge >= 0.3 is 0 Å². The standard InChI is InChI=1S/C11H14ClN3O2/c12-9-6-14-10(7-13-9)15-11(16)5-8-3-1-2-4-17-8/h6-8H,1-5H2,(H,14,15,16). The summed E-state index contributed by atoms with van der Waals surface area (Å²) in [5.74, 6) is 0.309. The van der Waals surface area contributed by atoms with Gasteiger partial charge in [0, 0.05) is 6.61 Å². The monoisotopic (exact) mass is 255 g/mol. The molecule has 17 heavy (non-hydrogen) atoms. The zero-order valence-electron chi connectivity index (χ0n) is 9.36. The van der Waals surface area contributed by atoms with Gasteiger partial charge in [-0.05, 0) is 19.3 Å². The van der Waals surface area contributed by atoms with E-state index in [1.807, 2.05) is 0 Å². The van der Waals surface area contributed by atoms with Crippen LogP contribution in [-0.4, -0.2) is 28.6 Å². The molecule has 1 aliphatic rings. The number of ether oxygens (including phenoxy) is 1. The summed E-state index contributed by atoms with van der Waals surface area (Å²) >= 11 is 5.60. The lowest BCUT2D eigenvalue weighted by atomic mass is 10.1.